The fourth-order valence-electron chi connectivity index (χ4n) is 2.53. The minimum Gasteiger partial charge on any atom is -0.383 e. The molecular weight excluding hydrogens is 354 g/mol. The summed E-state index contributed by atoms with van der Waals surface area (Å²) >= 11 is 0. The van der Waals surface area contributed by atoms with Crippen LogP contribution in [0.25, 0.3) is 11.4 Å². The van der Waals surface area contributed by atoms with Gasteiger partial charge in [0.05, 0.1) is 17.9 Å². The van der Waals surface area contributed by atoms with Crippen LogP contribution in [0.3, 0.4) is 0 Å². The van der Waals surface area contributed by atoms with Crippen molar-refractivity contribution in [2.45, 2.75) is 0 Å². The van der Waals surface area contributed by atoms with Gasteiger partial charge in [-0.25, -0.2) is 9.97 Å². The maximum absolute atomic E-state index is 12.5. The molecule has 7 nitrogen and oxygen atoms in total. The van der Waals surface area contributed by atoms with E-state index in [1.54, 1.807) is 31.4 Å². The number of hydrogen-bond donors (Lipinski definition) is 2. The second kappa shape index (κ2) is 9.26. The number of ether oxygens (including phenoxy) is 1. The Hall–Kier alpha value is -3.76. The zero-order valence-corrected chi connectivity index (χ0v) is 15.3. The van der Waals surface area contributed by atoms with E-state index in [0.717, 1.165) is 5.56 Å². The molecule has 1 amide bonds. The van der Waals surface area contributed by atoms with Crippen molar-refractivity contribution in [2.24, 2.45) is 0 Å². The quantitative estimate of drug-likeness (QED) is 0.617. The van der Waals surface area contributed by atoms with Crippen LogP contribution in [0.5, 0.6) is 0 Å². The monoisotopic (exact) mass is 373 g/mol. The van der Waals surface area contributed by atoms with E-state index >= 15 is 0 Å². The van der Waals surface area contributed by atoms with Crippen molar-refractivity contribution in [3.8, 4) is 17.5 Å². The Morgan fingerprint density at radius 3 is 2.61 bits per heavy atom. The molecule has 2 aromatic carbocycles. The zero-order chi connectivity index (χ0) is 19.8. The third-order valence-electron chi connectivity index (χ3n) is 3.89. The van der Waals surface area contributed by atoms with Crippen LogP contribution in [-0.4, -0.2) is 36.1 Å². The second-order valence-corrected chi connectivity index (χ2v) is 5.86. The molecule has 1 heterocycles. The van der Waals surface area contributed by atoms with Gasteiger partial charge in [-0.2, -0.15) is 5.26 Å². The summed E-state index contributed by atoms with van der Waals surface area (Å²) in [4.78, 5) is 21.4. The lowest BCUT2D eigenvalue weighted by Crippen LogP contribution is -2.28. The fourth-order valence-corrected chi connectivity index (χ4v) is 2.53. The molecule has 0 unspecified atom stereocenters. The number of methoxy groups -OCH3 is 1. The van der Waals surface area contributed by atoms with E-state index < -0.39 is 0 Å². The lowest BCUT2D eigenvalue weighted by molar-refractivity contribution is 0.0932. The van der Waals surface area contributed by atoms with Crippen molar-refractivity contribution in [2.75, 3.05) is 25.6 Å². The van der Waals surface area contributed by atoms with E-state index in [1.807, 2.05) is 36.4 Å². The Balaban J connectivity index is 1.98. The third-order valence-corrected chi connectivity index (χ3v) is 3.89. The molecule has 0 saturated carbocycles. The molecule has 0 saturated heterocycles. The number of nitriles is 1. The third kappa shape index (κ3) is 4.69. The SMILES string of the molecule is COCCNC(=O)c1cc(Nc2ccccc2C#N)nc(-c2ccccc2)n1. The molecule has 0 fully saturated rings. The average Bonchev–Trinajstić information content (AvgIpc) is 2.74. The highest BCUT2D eigenvalue weighted by atomic mass is 16.5. The molecule has 0 radical (unpaired) electrons. The number of anilines is 2. The topological polar surface area (TPSA) is 99.9 Å². The Bertz CT molecular complexity index is 999. The van der Waals surface area contributed by atoms with Gasteiger partial charge in [0.25, 0.3) is 5.91 Å². The van der Waals surface area contributed by atoms with Gasteiger partial charge in [-0.3, -0.25) is 4.79 Å². The van der Waals surface area contributed by atoms with Crippen LogP contribution in [0.4, 0.5) is 11.5 Å². The van der Waals surface area contributed by atoms with E-state index in [0.29, 0.717) is 36.0 Å². The van der Waals surface area contributed by atoms with Gasteiger partial charge >= 0.3 is 0 Å². The second-order valence-electron chi connectivity index (χ2n) is 5.86. The number of nitrogens with one attached hydrogen (secondary N) is 2. The van der Waals surface area contributed by atoms with Gasteiger partial charge in [-0.1, -0.05) is 42.5 Å². The summed E-state index contributed by atoms with van der Waals surface area (Å²) in [6.45, 7) is 0.781. The molecule has 1 aromatic heterocycles. The van der Waals surface area contributed by atoms with E-state index in [-0.39, 0.29) is 11.6 Å². The van der Waals surface area contributed by atoms with Crippen LogP contribution < -0.4 is 10.6 Å². The van der Waals surface area contributed by atoms with Crippen LogP contribution >= 0.6 is 0 Å². The van der Waals surface area contributed by atoms with Crippen molar-refractivity contribution in [1.82, 2.24) is 15.3 Å². The zero-order valence-electron chi connectivity index (χ0n) is 15.3. The maximum Gasteiger partial charge on any atom is 0.270 e. The summed E-state index contributed by atoms with van der Waals surface area (Å²) in [6.07, 6.45) is 0. The first-order chi connectivity index (χ1) is 13.7. The van der Waals surface area contributed by atoms with Crippen molar-refractivity contribution in [3.63, 3.8) is 0 Å². The number of carbonyl (C=O) groups excluding carboxylic acids is 1. The molecule has 140 valence electrons. The van der Waals surface area contributed by atoms with Crippen molar-refractivity contribution >= 4 is 17.4 Å². The summed E-state index contributed by atoms with van der Waals surface area (Å²) in [5.41, 5.74) is 2.09. The molecule has 0 aliphatic heterocycles. The van der Waals surface area contributed by atoms with Gasteiger partial charge < -0.3 is 15.4 Å². The van der Waals surface area contributed by atoms with E-state index in [9.17, 15) is 10.1 Å². The largest absolute Gasteiger partial charge is 0.383 e. The van der Waals surface area contributed by atoms with Crippen LogP contribution in [0.2, 0.25) is 0 Å². The minimum atomic E-state index is -0.326. The Morgan fingerprint density at radius 1 is 1.11 bits per heavy atom. The predicted octanol–water partition coefficient (Wildman–Crippen LogP) is 3.14. The molecule has 2 N–H and O–H groups in total. The minimum absolute atomic E-state index is 0.224. The van der Waals surface area contributed by atoms with Crippen LogP contribution in [-0.2, 0) is 4.74 Å². The summed E-state index contributed by atoms with van der Waals surface area (Å²) in [6, 6.07) is 20.2. The molecule has 0 bridgehead atoms. The Morgan fingerprint density at radius 2 is 1.86 bits per heavy atom. The lowest BCUT2D eigenvalue weighted by atomic mass is 10.2. The first kappa shape index (κ1) is 19.0. The molecule has 0 aliphatic carbocycles. The first-order valence-corrected chi connectivity index (χ1v) is 8.69. The molecule has 7 heteroatoms. The molecular formula is C21H19N5O2. The fraction of sp³-hybridized carbons (Fsp3) is 0.143. The van der Waals surface area contributed by atoms with Crippen molar-refractivity contribution < 1.29 is 9.53 Å². The Kier molecular flexibility index (Phi) is 6.29. The van der Waals surface area contributed by atoms with Gasteiger partial charge in [-0.15, -0.1) is 0 Å². The number of nitrogens with zero attached hydrogens (tertiary/aromatic N) is 3. The van der Waals surface area contributed by atoms with E-state index in [1.165, 1.54) is 0 Å². The number of amides is 1. The van der Waals surface area contributed by atoms with Gasteiger partial charge in [0.1, 0.15) is 17.6 Å². The van der Waals surface area contributed by atoms with E-state index in [4.69, 9.17) is 4.74 Å². The molecule has 28 heavy (non-hydrogen) atoms. The van der Waals surface area contributed by atoms with Gasteiger partial charge in [-0.05, 0) is 12.1 Å². The number of rotatable bonds is 7. The molecule has 3 rings (SSSR count). The highest BCUT2D eigenvalue weighted by molar-refractivity contribution is 5.93. The standard InChI is InChI=1S/C21H19N5O2/c1-28-12-11-23-21(27)18-13-19(24-17-10-6-5-9-16(17)14-22)26-20(25-18)15-7-3-2-4-8-15/h2-10,13H,11-12H2,1H3,(H,23,27)(H,24,25,26). The first-order valence-electron chi connectivity index (χ1n) is 8.69. The Labute approximate surface area is 163 Å². The highest BCUT2D eigenvalue weighted by Gasteiger charge is 2.14. The number of para-hydroxylation sites is 1. The number of hydrogen-bond acceptors (Lipinski definition) is 6. The van der Waals surface area contributed by atoms with Crippen molar-refractivity contribution in [3.05, 3.63) is 71.9 Å². The number of aromatic nitrogens is 2. The number of benzene rings is 2. The summed E-state index contributed by atoms with van der Waals surface area (Å²) in [5, 5.41) is 15.2. The van der Waals surface area contributed by atoms with Crippen molar-refractivity contribution in [1.29, 1.82) is 5.26 Å². The molecule has 0 spiro atoms. The summed E-state index contributed by atoms with van der Waals surface area (Å²) in [7, 11) is 1.57. The molecule has 0 aliphatic rings. The summed E-state index contributed by atoms with van der Waals surface area (Å²) in [5.74, 6) is 0.513. The lowest BCUT2D eigenvalue weighted by Gasteiger charge is -2.11. The summed E-state index contributed by atoms with van der Waals surface area (Å²) < 4.78 is 4.96. The molecule has 0 atom stereocenters. The maximum atomic E-state index is 12.5. The van der Waals surface area contributed by atoms with Crippen LogP contribution in [0, 0.1) is 11.3 Å². The number of carbonyl (C=O) groups is 1. The molecule has 3 aromatic rings. The van der Waals surface area contributed by atoms with Gasteiger partial charge in [0.2, 0.25) is 0 Å². The van der Waals surface area contributed by atoms with Gasteiger partial charge in [0, 0.05) is 25.3 Å². The highest BCUT2D eigenvalue weighted by Crippen LogP contribution is 2.22. The average molecular weight is 373 g/mol. The van der Waals surface area contributed by atoms with Crippen LogP contribution in [0.1, 0.15) is 16.1 Å². The smallest absolute Gasteiger partial charge is 0.270 e. The van der Waals surface area contributed by atoms with Gasteiger partial charge in [0.15, 0.2) is 5.82 Å². The predicted molar refractivity (Wildman–Crippen MR) is 106 cm³/mol. The van der Waals surface area contributed by atoms with Crippen LogP contribution in [0.15, 0.2) is 60.7 Å². The normalized spacial score (nSPS) is 10.1. The van der Waals surface area contributed by atoms with E-state index in [2.05, 4.69) is 26.7 Å².